The van der Waals surface area contributed by atoms with E-state index in [2.05, 4.69) is 20.8 Å². The number of hydrogen-bond acceptors (Lipinski definition) is 2. The SMILES string of the molecule is CC(=O)C[C@H]1C[C@]2(C)O[C@@H]2C1(C)C. The highest BCUT2D eigenvalue weighted by molar-refractivity contribution is 5.76. The molecule has 1 aliphatic heterocycles. The molecule has 74 valence electrons. The molecular weight excluding hydrogens is 164 g/mol. The quantitative estimate of drug-likeness (QED) is 0.612. The summed E-state index contributed by atoms with van der Waals surface area (Å²) in [6, 6.07) is 0. The number of hydrogen-bond donors (Lipinski definition) is 0. The fourth-order valence-corrected chi connectivity index (χ4v) is 2.98. The van der Waals surface area contributed by atoms with Gasteiger partial charge in [0.2, 0.25) is 0 Å². The maximum atomic E-state index is 11.1. The summed E-state index contributed by atoms with van der Waals surface area (Å²) in [5.74, 6) is 0.830. The molecule has 0 aromatic heterocycles. The van der Waals surface area contributed by atoms with Crippen molar-refractivity contribution in [2.75, 3.05) is 0 Å². The molecule has 1 saturated carbocycles. The van der Waals surface area contributed by atoms with Crippen LogP contribution in [0.15, 0.2) is 0 Å². The van der Waals surface area contributed by atoms with E-state index in [0.717, 1.165) is 12.8 Å². The average Bonchev–Trinajstić information content (AvgIpc) is 2.55. The van der Waals surface area contributed by atoms with Crippen LogP contribution in [0.3, 0.4) is 0 Å². The van der Waals surface area contributed by atoms with E-state index in [1.165, 1.54) is 0 Å². The van der Waals surface area contributed by atoms with Crippen molar-refractivity contribution in [3.8, 4) is 0 Å². The highest BCUT2D eigenvalue weighted by atomic mass is 16.6. The van der Waals surface area contributed by atoms with Gasteiger partial charge in [0.05, 0.1) is 11.7 Å². The molecular formula is C11H18O2. The maximum Gasteiger partial charge on any atom is 0.130 e. The highest BCUT2D eigenvalue weighted by Crippen LogP contribution is 2.62. The normalized spacial score (nSPS) is 45.8. The van der Waals surface area contributed by atoms with Gasteiger partial charge in [-0.15, -0.1) is 0 Å². The molecule has 1 saturated heterocycles. The van der Waals surface area contributed by atoms with Gasteiger partial charge in [0.25, 0.3) is 0 Å². The fourth-order valence-electron chi connectivity index (χ4n) is 2.98. The number of rotatable bonds is 2. The average molecular weight is 182 g/mol. The molecule has 13 heavy (non-hydrogen) atoms. The molecule has 2 nitrogen and oxygen atoms in total. The van der Waals surface area contributed by atoms with E-state index in [1.807, 2.05) is 0 Å². The Kier molecular flexibility index (Phi) is 1.66. The second kappa shape index (κ2) is 2.35. The summed E-state index contributed by atoms with van der Waals surface area (Å²) >= 11 is 0. The molecule has 0 radical (unpaired) electrons. The largest absolute Gasteiger partial charge is 0.366 e. The number of epoxide rings is 1. The minimum Gasteiger partial charge on any atom is -0.366 e. The molecule has 2 rings (SSSR count). The zero-order valence-electron chi connectivity index (χ0n) is 8.89. The summed E-state index contributed by atoms with van der Waals surface area (Å²) in [7, 11) is 0. The van der Waals surface area contributed by atoms with E-state index >= 15 is 0 Å². The fraction of sp³-hybridized carbons (Fsp3) is 0.909. The van der Waals surface area contributed by atoms with E-state index in [4.69, 9.17) is 4.74 Å². The summed E-state index contributed by atoms with van der Waals surface area (Å²) in [4.78, 5) is 11.1. The first-order valence-corrected chi connectivity index (χ1v) is 5.03. The third-order valence-corrected chi connectivity index (χ3v) is 3.80. The van der Waals surface area contributed by atoms with Crippen LogP contribution < -0.4 is 0 Å². The molecule has 1 heterocycles. The van der Waals surface area contributed by atoms with Crippen molar-refractivity contribution in [3.05, 3.63) is 0 Å². The van der Waals surface area contributed by atoms with Gasteiger partial charge in [-0.25, -0.2) is 0 Å². The second-order valence-electron chi connectivity index (χ2n) is 5.44. The lowest BCUT2D eigenvalue weighted by Gasteiger charge is -2.28. The standard InChI is InChI=1S/C11H18O2/c1-7(12)5-8-6-11(4)9(13-11)10(8,2)3/h8-9H,5-6H2,1-4H3/t8-,9+,11-/m0/s1. The Morgan fingerprint density at radius 2 is 2.08 bits per heavy atom. The van der Waals surface area contributed by atoms with Gasteiger partial charge in [0.15, 0.2) is 0 Å². The molecule has 0 N–H and O–H groups in total. The third-order valence-electron chi connectivity index (χ3n) is 3.80. The molecule has 0 bridgehead atoms. The molecule has 2 aliphatic rings. The van der Waals surface area contributed by atoms with Crippen LogP contribution >= 0.6 is 0 Å². The van der Waals surface area contributed by atoms with Crippen molar-refractivity contribution < 1.29 is 9.53 Å². The predicted molar refractivity (Wildman–Crippen MR) is 50.5 cm³/mol. The van der Waals surface area contributed by atoms with Crippen molar-refractivity contribution >= 4 is 5.78 Å². The number of fused-ring (bicyclic) bond motifs is 1. The van der Waals surface area contributed by atoms with Gasteiger partial charge in [0.1, 0.15) is 5.78 Å². The molecule has 0 spiro atoms. The number of carbonyl (C=O) groups excluding carboxylic acids is 1. The van der Waals surface area contributed by atoms with E-state index in [9.17, 15) is 4.79 Å². The van der Waals surface area contributed by atoms with Crippen LogP contribution in [0.25, 0.3) is 0 Å². The number of ether oxygens (including phenoxy) is 1. The lowest BCUT2D eigenvalue weighted by molar-refractivity contribution is -0.119. The molecule has 2 fully saturated rings. The molecule has 2 heteroatoms. The van der Waals surface area contributed by atoms with Crippen LogP contribution in [0.2, 0.25) is 0 Å². The van der Waals surface area contributed by atoms with Crippen molar-refractivity contribution in [2.45, 2.75) is 52.2 Å². The van der Waals surface area contributed by atoms with E-state index in [0.29, 0.717) is 17.8 Å². The maximum absolute atomic E-state index is 11.1. The monoisotopic (exact) mass is 182 g/mol. The summed E-state index contributed by atoms with van der Waals surface area (Å²) in [5, 5.41) is 0. The van der Waals surface area contributed by atoms with Crippen molar-refractivity contribution in [1.29, 1.82) is 0 Å². The number of carbonyl (C=O) groups is 1. The Bertz CT molecular complexity index is 257. The van der Waals surface area contributed by atoms with Gasteiger partial charge in [-0.2, -0.15) is 0 Å². The van der Waals surface area contributed by atoms with Gasteiger partial charge in [-0.05, 0) is 31.6 Å². The summed E-state index contributed by atoms with van der Waals surface area (Å²) in [6.07, 6.45) is 2.18. The zero-order valence-corrected chi connectivity index (χ0v) is 8.89. The van der Waals surface area contributed by atoms with Crippen molar-refractivity contribution in [1.82, 2.24) is 0 Å². The van der Waals surface area contributed by atoms with E-state index in [-0.39, 0.29) is 11.0 Å². The Hall–Kier alpha value is -0.370. The third kappa shape index (κ3) is 1.23. The summed E-state index contributed by atoms with van der Waals surface area (Å²) in [5.41, 5.74) is 0.296. The van der Waals surface area contributed by atoms with Gasteiger partial charge in [0, 0.05) is 6.42 Å². The molecule has 1 aliphatic carbocycles. The first-order valence-electron chi connectivity index (χ1n) is 5.03. The van der Waals surface area contributed by atoms with Gasteiger partial charge >= 0.3 is 0 Å². The Morgan fingerprint density at radius 1 is 1.46 bits per heavy atom. The molecule has 0 aromatic carbocycles. The van der Waals surface area contributed by atoms with Crippen LogP contribution in [-0.4, -0.2) is 17.5 Å². The lowest BCUT2D eigenvalue weighted by atomic mass is 9.78. The van der Waals surface area contributed by atoms with Crippen molar-refractivity contribution in [3.63, 3.8) is 0 Å². The Balaban J connectivity index is 2.11. The highest BCUT2D eigenvalue weighted by Gasteiger charge is 2.68. The first kappa shape index (κ1) is 9.20. The minimum absolute atomic E-state index is 0.101. The van der Waals surface area contributed by atoms with Crippen LogP contribution in [0, 0.1) is 11.3 Å². The van der Waals surface area contributed by atoms with Gasteiger partial charge in [-0.3, -0.25) is 0 Å². The Morgan fingerprint density at radius 3 is 2.46 bits per heavy atom. The number of Topliss-reactive ketones (excluding diaryl/α,β-unsaturated/α-hetero) is 1. The predicted octanol–water partition coefficient (Wildman–Crippen LogP) is 2.17. The molecule has 0 unspecified atom stereocenters. The van der Waals surface area contributed by atoms with E-state index < -0.39 is 0 Å². The second-order valence-corrected chi connectivity index (χ2v) is 5.44. The first-order chi connectivity index (χ1) is 5.86. The van der Waals surface area contributed by atoms with Crippen molar-refractivity contribution in [2.24, 2.45) is 11.3 Å². The van der Waals surface area contributed by atoms with Crippen LogP contribution in [0.1, 0.15) is 40.5 Å². The smallest absolute Gasteiger partial charge is 0.130 e. The zero-order chi connectivity index (χ0) is 9.85. The topological polar surface area (TPSA) is 29.6 Å². The lowest BCUT2D eigenvalue weighted by Crippen LogP contribution is -2.26. The Labute approximate surface area is 79.7 Å². The summed E-state index contributed by atoms with van der Waals surface area (Å²) < 4.78 is 5.66. The molecule has 3 atom stereocenters. The number of ketones is 1. The van der Waals surface area contributed by atoms with Crippen LogP contribution in [0.4, 0.5) is 0 Å². The summed E-state index contributed by atoms with van der Waals surface area (Å²) in [6.45, 7) is 8.30. The van der Waals surface area contributed by atoms with Gasteiger partial charge in [-0.1, -0.05) is 13.8 Å². The molecule has 0 aromatic rings. The minimum atomic E-state index is 0.101. The van der Waals surface area contributed by atoms with E-state index in [1.54, 1.807) is 6.92 Å². The van der Waals surface area contributed by atoms with Crippen LogP contribution in [-0.2, 0) is 9.53 Å². The van der Waals surface area contributed by atoms with Gasteiger partial charge < -0.3 is 9.53 Å². The van der Waals surface area contributed by atoms with Crippen LogP contribution in [0.5, 0.6) is 0 Å². The molecule has 0 amide bonds.